The molecular weight excluding hydrogens is 370 g/mol. The van der Waals surface area contributed by atoms with E-state index < -0.39 is 0 Å². The second kappa shape index (κ2) is 7.87. The number of nitrogens with zero attached hydrogens (tertiary/aromatic N) is 3. The molecule has 1 aliphatic rings. The van der Waals surface area contributed by atoms with Crippen molar-refractivity contribution in [2.45, 2.75) is 40.2 Å². The van der Waals surface area contributed by atoms with Gasteiger partial charge in [0.15, 0.2) is 0 Å². The van der Waals surface area contributed by atoms with E-state index in [0.717, 1.165) is 53.1 Å². The molecule has 1 aliphatic heterocycles. The van der Waals surface area contributed by atoms with Gasteiger partial charge in [-0.1, -0.05) is 24.3 Å². The van der Waals surface area contributed by atoms with Crippen molar-refractivity contribution in [3.63, 3.8) is 0 Å². The molecule has 3 aromatic rings. The normalized spacial score (nSPS) is 15.2. The van der Waals surface area contributed by atoms with Gasteiger partial charge >= 0.3 is 5.97 Å². The van der Waals surface area contributed by atoms with E-state index in [-0.39, 0.29) is 11.9 Å². The number of aryl methyl sites for hydroxylation is 3. The zero-order valence-electron chi connectivity index (χ0n) is 16.6. The molecule has 2 aromatic heterocycles. The quantitative estimate of drug-likeness (QED) is 0.606. The maximum absolute atomic E-state index is 12.5. The number of carbonyl (C=O) groups excluding carboxylic acids is 1. The van der Waals surface area contributed by atoms with Crippen LogP contribution in [0.3, 0.4) is 0 Å². The fourth-order valence-corrected chi connectivity index (χ4v) is 4.76. The monoisotopic (exact) mass is 395 g/mol. The Morgan fingerprint density at radius 1 is 1.18 bits per heavy atom. The number of rotatable bonds is 4. The lowest BCUT2D eigenvalue weighted by atomic mass is 9.96. The molecule has 1 aromatic carbocycles. The first-order valence-electron chi connectivity index (χ1n) is 9.71. The molecule has 146 valence electrons. The van der Waals surface area contributed by atoms with Crippen LogP contribution in [0.4, 0.5) is 5.82 Å². The van der Waals surface area contributed by atoms with E-state index in [1.165, 1.54) is 10.4 Å². The summed E-state index contributed by atoms with van der Waals surface area (Å²) in [5.41, 5.74) is 3.48. The van der Waals surface area contributed by atoms with Crippen molar-refractivity contribution in [2.75, 3.05) is 18.0 Å². The smallest absolute Gasteiger partial charge is 0.309 e. The Hall–Kier alpha value is -2.47. The Morgan fingerprint density at radius 3 is 2.68 bits per heavy atom. The third kappa shape index (κ3) is 3.61. The number of fused-ring (bicyclic) bond motifs is 1. The van der Waals surface area contributed by atoms with Crippen LogP contribution in [-0.4, -0.2) is 29.0 Å². The zero-order valence-corrected chi connectivity index (χ0v) is 17.4. The molecule has 1 fully saturated rings. The molecule has 0 radical (unpaired) electrons. The predicted octanol–water partition coefficient (Wildman–Crippen LogP) is 4.58. The second-order valence-corrected chi connectivity index (χ2v) is 8.66. The molecule has 6 heteroatoms. The molecule has 0 N–H and O–H groups in total. The standard InChI is InChI=1S/C22H25N3O2S/c1-14-6-4-5-7-18(14)12-27-22(26)17-8-10-25(11-9-17)20-19-15(2)16(3)28-21(19)24-13-23-20/h4-7,13,17H,8-12H2,1-3H3. The Kier molecular flexibility index (Phi) is 5.31. The van der Waals surface area contributed by atoms with E-state index >= 15 is 0 Å². The van der Waals surface area contributed by atoms with Gasteiger partial charge in [-0.15, -0.1) is 11.3 Å². The lowest BCUT2D eigenvalue weighted by Gasteiger charge is -2.32. The largest absolute Gasteiger partial charge is 0.461 e. The number of ether oxygens (including phenoxy) is 1. The SMILES string of the molecule is Cc1ccccc1COC(=O)C1CCN(c2ncnc3sc(C)c(C)c23)CC1. The summed E-state index contributed by atoms with van der Waals surface area (Å²) in [6.45, 7) is 8.28. The van der Waals surface area contributed by atoms with Crippen molar-refractivity contribution in [1.82, 2.24) is 9.97 Å². The van der Waals surface area contributed by atoms with Gasteiger partial charge in [-0.25, -0.2) is 9.97 Å². The molecule has 3 heterocycles. The van der Waals surface area contributed by atoms with Crippen LogP contribution in [0.1, 0.15) is 34.4 Å². The maximum atomic E-state index is 12.5. The van der Waals surface area contributed by atoms with Crippen LogP contribution in [0.25, 0.3) is 10.2 Å². The predicted molar refractivity (Wildman–Crippen MR) is 113 cm³/mol. The van der Waals surface area contributed by atoms with Crippen LogP contribution in [0.5, 0.6) is 0 Å². The van der Waals surface area contributed by atoms with E-state index in [9.17, 15) is 4.79 Å². The Balaban J connectivity index is 1.40. The Morgan fingerprint density at radius 2 is 1.93 bits per heavy atom. The highest BCUT2D eigenvalue weighted by atomic mass is 32.1. The summed E-state index contributed by atoms with van der Waals surface area (Å²) in [6.07, 6.45) is 3.23. The summed E-state index contributed by atoms with van der Waals surface area (Å²) in [5.74, 6) is 0.875. The van der Waals surface area contributed by atoms with Crippen molar-refractivity contribution < 1.29 is 9.53 Å². The van der Waals surface area contributed by atoms with Crippen LogP contribution in [0, 0.1) is 26.7 Å². The number of esters is 1. The Labute approximate surface area is 169 Å². The lowest BCUT2D eigenvalue weighted by Crippen LogP contribution is -2.37. The molecule has 0 aliphatic carbocycles. The third-order valence-corrected chi connectivity index (χ3v) is 6.82. The highest BCUT2D eigenvalue weighted by molar-refractivity contribution is 7.18. The molecule has 0 atom stereocenters. The van der Waals surface area contributed by atoms with Crippen LogP contribution >= 0.6 is 11.3 Å². The number of thiophene rings is 1. The first kappa shape index (κ1) is 18.9. The molecule has 0 unspecified atom stereocenters. The summed E-state index contributed by atoms with van der Waals surface area (Å²) in [4.78, 5) is 26.1. The molecule has 0 amide bonds. The van der Waals surface area contributed by atoms with E-state index in [1.54, 1.807) is 17.7 Å². The number of carbonyl (C=O) groups is 1. The van der Waals surface area contributed by atoms with Crippen molar-refractivity contribution in [3.8, 4) is 0 Å². The van der Waals surface area contributed by atoms with E-state index in [4.69, 9.17) is 4.74 Å². The number of benzene rings is 1. The van der Waals surface area contributed by atoms with Gasteiger partial charge in [0.2, 0.25) is 0 Å². The number of aromatic nitrogens is 2. The van der Waals surface area contributed by atoms with Crippen molar-refractivity contribution in [1.29, 1.82) is 0 Å². The minimum Gasteiger partial charge on any atom is -0.461 e. The van der Waals surface area contributed by atoms with Crippen LogP contribution in [0.15, 0.2) is 30.6 Å². The topological polar surface area (TPSA) is 55.3 Å². The summed E-state index contributed by atoms with van der Waals surface area (Å²) in [7, 11) is 0. The van der Waals surface area contributed by atoms with Gasteiger partial charge in [-0.05, 0) is 50.3 Å². The van der Waals surface area contributed by atoms with Crippen LogP contribution in [-0.2, 0) is 16.1 Å². The van der Waals surface area contributed by atoms with Gasteiger partial charge < -0.3 is 9.64 Å². The van der Waals surface area contributed by atoms with Gasteiger partial charge in [-0.3, -0.25) is 4.79 Å². The summed E-state index contributed by atoms with van der Waals surface area (Å²) >= 11 is 1.72. The number of hydrogen-bond donors (Lipinski definition) is 0. The first-order valence-corrected chi connectivity index (χ1v) is 10.5. The average Bonchev–Trinajstić information content (AvgIpc) is 3.01. The molecule has 1 saturated heterocycles. The van der Waals surface area contributed by atoms with Crippen molar-refractivity contribution >= 4 is 33.3 Å². The zero-order chi connectivity index (χ0) is 19.7. The minimum atomic E-state index is -0.0849. The molecule has 0 saturated carbocycles. The lowest BCUT2D eigenvalue weighted by molar-refractivity contribution is -0.150. The number of anilines is 1. The van der Waals surface area contributed by atoms with Crippen molar-refractivity contribution in [2.24, 2.45) is 5.92 Å². The molecule has 28 heavy (non-hydrogen) atoms. The third-order valence-electron chi connectivity index (χ3n) is 5.70. The van der Waals surface area contributed by atoms with Gasteiger partial charge in [-0.2, -0.15) is 0 Å². The first-order chi connectivity index (χ1) is 13.5. The molecule has 4 rings (SSSR count). The highest BCUT2D eigenvalue weighted by Crippen LogP contribution is 2.35. The van der Waals surface area contributed by atoms with Crippen molar-refractivity contribution in [3.05, 3.63) is 52.2 Å². The van der Waals surface area contributed by atoms with Crippen LogP contribution < -0.4 is 4.90 Å². The van der Waals surface area contributed by atoms with E-state index in [1.807, 2.05) is 31.2 Å². The summed E-state index contributed by atoms with van der Waals surface area (Å²) in [6, 6.07) is 8.03. The van der Waals surface area contributed by atoms with Gasteiger partial charge in [0.25, 0.3) is 0 Å². The summed E-state index contributed by atoms with van der Waals surface area (Å²) in [5, 5.41) is 1.16. The van der Waals surface area contributed by atoms with Crippen LogP contribution in [0.2, 0.25) is 0 Å². The fraction of sp³-hybridized carbons (Fsp3) is 0.409. The molecule has 0 bridgehead atoms. The number of hydrogen-bond acceptors (Lipinski definition) is 6. The molecule has 5 nitrogen and oxygen atoms in total. The minimum absolute atomic E-state index is 0.0390. The molecule has 0 spiro atoms. The number of piperidine rings is 1. The van der Waals surface area contributed by atoms with E-state index in [2.05, 4.69) is 28.7 Å². The second-order valence-electron chi connectivity index (χ2n) is 7.46. The fourth-order valence-electron chi connectivity index (χ4n) is 3.77. The summed E-state index contributed by atoms with van der Waals surface area (Å²) < 4.78 is 5.60. The Bertz CT molecular complexity index is 1010. The molecular formula is C22H25N3O2S. The van der Waals surface area contributed by atoms with Gasteiger partial charge in [0.1, 0.15) is 23.6 Å². The highest BCUT2D eigenvalue weighted by Gasteiger charge is 2.28. The maximum Gasteiger partial charge on any atom is 0.309 e. The van der Waals surface area contributed by atoms with E-state index in [0.29, 0.717) is 6.61 Å². The average molecular weight is 396 g/mol. The van der Waals surface area contributed by atoms with Gasteiger partial charge in [0.05, 0.1) is 11.3 Å². The van der Waals surface area contributed by atoms with Gasteiger partial charge in [0, 0.05) is 18.0 Å².